The molecular formula is C31H35N3O6. The van der Waals surface area contributed by atoms with Crippen LogP contribution in [0, 0.1) is 13.8 Å². The van der Waals surface area contributed by atoms with Crippen molar-refractivity contribution in [3.63, 3.8) is 0 Å². The fourth-order valence-corrected chi connectivity index (χ4v) is 4.10. The quantitative estimate of drug-likeness (QED) is 0.168. The number of amides is 1. The number of methoxy groups -OCH3 is 2. The number of hydrogen-bond donors (Lipinski definition) is 1. The normalized spacial score (nSPS) is 11.8. The minimum atomic E-state index is -0.486. The molecule has 0 aliphatic rings. The van der Waals surface area contributed by atoms with E-state index in [4.69, 9.17) is 23.4 Å². The molecular weight excluding hydrogens is 510 g/mol. The van der Waals surface area contributed by atoms with E-state index < -0.39 is 5.91 Å². The molecule has 2 heterocycles. The zero-order chi connectivity index (χ0) is 28.6. The average Bonchev–Trinajstić information content (AvgIpc) is 3.58. The van der Waals surface area contributed by atoms with Crippen LogP contribution in [0.25, 0.3) is 5.69 Å². The summed E-state index contributed by atoms with van der Waals surface area (Å²) in [5.74, 6) is 2.39. The second-order valence-electron chi connectivity index (χ2n) is 9.29. The van der Waals surface area contributed by atoms with Gasteiger partial charge in [0.15, 0.2) is 17.3 Å². The van der Waals surface area contributed by atoms with Gasteiger partial charge in [-0.15, -0.1) is 0 Å². The summed E-state index contributed by atoms with van der Waals surface area (Å²) < 4.78 is 30.6. The second-order valence-corrected chi connectivity index (χ2v) is 9.29. The van der Waals surface area contributed by atoms with E-state index >= 15 is 0 Å². The second kappa shape index (κ2) is 12.9. The van der Waals surface area contributed by atoms with Crippen molar-refractivity contribution >= 4 is 12.1 Å². The molecule has 210 valence electrons. The lowest BCUT2D eigenvalue weighted by Gasteiger charge is -2.18. The van der Waals surface area contributed by atoms with Crippen LogP contribution < -0.4 is 24.4 Å². The molecule has 1 atom stereocenters. The van der Waals surface area contributed by atoms with Gasteiger partial charge in [-0.25, -0.2) is 5.43 Å². The summed E-state index contributed by atoms with van der Waals surface area (Å²) in [7, 11) is 3.11. The molecule has 0 saturated heterocycles. The van der Waals surface area contributed by atoms with Crippen molar-refractivity contribution in [1.29, 1.82) is 0 Å². The molecule has 1 N–H and O–H groups in total. The third kappa shape index (κ3) is 6.66. The maximum absolute atomic E-state index is 12.6. The topological polar surface area (TPSA) is 96.5 Å². The van der Waals surface area contributed by atoms with Crippen LogP contribution in [0.4, 0.5) is 0 Å². The third-order valence-corrected chi connectivity index (χ3v) is 6.39. The van der Waals surface area contributed by atoms with Crippen molar-refractivity contribution in [2.24, 2.45) is 5.10 Å². The first-order chi connectivity index (χ1) is 19.3. The molecule has 0 saturated carbocycles. The van der Waals surface area contributed by atoms with E-state index in [1.807, 2.05) is 38.1 Å². The van der Waals surface area contributed by atoms with E-state index in [1.165, 1.54) is 17.6 Å². The van der Waals surface area contributed by atoms with Crippen LogP contribution in [0.15, 0.2) is 70.2 Å². The molecule has 0 aliphatic heterocycles. The van der Waals surface area contributed by atoms with Gasteiger partial charge < -0.3 is 27.9 Å². The van der Waals surface area contributed by atoms with Crippen LogP contribution in [-0.4, -0.2) is 37.0 Å². The van der Waals surface area contributed by atoms with Crippen molar-refractivity contribution in [3.8, 4) is 28.7 Å². The lowest BCUT2D eigenvalue weighted by molar-refractivity contribution is 0.0923. The van der Waals surface area contributed by atoms with Gasteiger partial charge in [-0.1, -0.05) is 6.92 Å². The van der Waals surface area contributed by atoms with E-state index in [-0.39, 0.29) is 18.5 Å². The summed E-state index contributed by atoms with van der Waals surface area (Å²) in [5.41, 5.74) is 6.54. The monoisotopic (exact) mass is 545 g/mol. The first-order valence-electron chi connectivity index (χ1n) is 13.1. The Labute approximate surface area is 234 Å². The lowest BCUT2D eigenvalue weighted by Crippen LogP contribution is -2.16. The highest BCUT2D eigenvalue weighted by molar-refractivity contribution is 5.92. The SMILES string of the molecule is CC[C@@H](C)Oc1c(OC)cc(/C=N/NC(=O)c2ccc(COc3ccc(-n4c(C)ccc4C)cc3)o2)cc1OC. The van der Waals surface area contributed by atoms with E-state index in [2.05, 4.69) is 41.1 Å². The van der Waals surface area contributed by atoms with Gasteiger partial charge >= 0.3 is 5.91 Å². The Bertz CT molecular complexity index is 1420. The summed E-state index contributed by atoms with van der Waals surface area (Å²) in [6.07, 6.45) is 2.32. The maximum Gasteiger partial charge on any atom is 0.307 e. The summed E-state index contributed by atoms with van der Waals surface area (Å²) in [4.78, 5) is 12.6. The Hall–Kier alpha value is -4.66. The molecule has 0 bridgehead atoms. The fraction of sp³-hybridized carbons (Fsp3) is 0.290. The first kappa shape index (κ1) is 28.4. The van der Waals surface area contributed by atoms with Crippen molar-refractivity contribution in [2.75, 3.05) is 14.2 Å². The van der Waals surface area contributed by atoms with Crippen LogP contribution in [0.3, 0.4) is 0 Å². The van der Waals surface area contributed by atoms with Crippen molar-refractivity contribution in [2.45, 2.75) is 46.8 Å². The van der Waals surface area contributed by atoms with Gasteiger partial charge in [-0.05, 0) is 87.9 Å². The van der Waals surface area contributed by atoms with Gasteiger partial charge in [0.05, 0.1) is 26.5 Å². The number of hydrazone groups is 1. The summed E-state index contributed by atoms with van der Waals surface area (Å²) in [6, 6.07) is 18.8. The van der Waals surface area contributed by atoms with Crippen LogP contribution >= 0.6 is 0 Å². The summed E-state index contributed by atoms with van der Waals surface area (Å²) >= 11 is 0. The van der Waals surface area contributed by atoms with E-state index in [0.717, 1.165) is 12.1 Å². The van der Waals surface area contributed by atoms with E-state index in [1.54, 1.807) is 38.5 Å². The molecule has 0 spiro atoms. The molecule has 0 fully saturated rings. The van der Waals surface area contributed by atoms with Crippen LogP contribution in [-0.2, 0) is 6.61 Å². The standard InChI is InChI=1S/C31H35N3O6/c1-7-22(4)39-30-28(36-5)16-23(17-29(30)37-6)18-32-33-31(35)27-15-14-26(40-27)19-38-25-12-10-24(11-13-25)34-20(2)8-9-21(34)3/h8-18,22H,7,19H2,1-6H3,(H,33,35)/b32-18+/t22-/m1/s1. The third-order valence-electron chi connectivity index (χ3n) is 6.39. The van der Waals surface area contributed by atoms with Gasteiger partial charge in [0, 0.05) is 22.6 Å². The summed E-state index contributed by atoms with van der Waals surface area (Å²) in [5, 5.41) is 4.05. The number of aromatic nitrogens is 1. The molecule has 9 nitrogen and oxygen atoms in total. The molecule has 0 unspecified atom stereocenters. The largest absolute Gasteiger partial charge is 0.493 e. The van der Waals surface area contributed by atoms with Crippen molar-refractivity contribution in [1.82, 2.24) is 9.99 Å². The van der Waals surface area contributed by atoms with Gasteiger partial charge in [-0.3, -0.25) is 4.79 Å². The fourth-order valence-electron chi connectivity index (χ4n) is 4.10. The van der Waals surface area contributed by atoms with Crippen LogP contribution in [0.5, 0.6) is 23.0 Å². The molecule has 0 aliphatic carbocycles. The maximum atomic E-state index is 12.6. The first-order valence-corrected chi connectivity index (χ1v) is 13.1. The number of benzene rings is 2. The van der Waals surface area contributed by atoms with Crippen LogP contribution in [0.1, 0.15) is 53.5 Å². The van der Waals surface area contributed by atoms with Gasteiger partial charge in [0.25, 0.3) is 0 Å². The van der Waals surface area contributed by atoms with Gasteiger partial charge in [0.1, 0.15) is 18.1 Å². The number of aryl methyl sites for hydroxylation is 2. The van der Waals surface area contributed by atoms with Gasteiger partial charge in [-0.2, -0.15) is 5.10 Å². The molecule has 40 heavy (non-hydrogen) atoms. The number of hydrogen-bond acceptors (Lipinski definition) is 7. The minimum Gasteiger partial charge on any atom is -0.493 e. The van der Waals surface area contributed by atoms with E-state index in [9.17, 15) is 4.79 Å². The highest BCUT2D eigenvalue weighted by Crippen LogP contribution is 2.39. The number of carbonyl (C=O) groups is 1. The van der Waals surface area contributed by atoms with Crippen molar-refractivity contribution < 1.29 is 28.2 Å². The number of rotatable bonds is 12. The number of furan rings is 1. The zero-order valence-corrected chi connectivity index (χ0v) is 23.7. The Balaban J connectivity index is 1.34. The molecule has 2 aromatic carbocycles. The average molecular weight is 546 g/mol. The smallest absolute Gasteiger partial charge is 0.307 e. The van der Waals surface area contributed by atoms with E-state index in [0.29, 0.717) is 34.3 Å². The predicted molar refractivity (Wildman–Crippen MR) is 153 cm³/mol. The number of carbonyl (C=O) groups excluding carboxylic acids is 1. The molecule has 2 aromatic heterocycles. The molecule has 0 radical (unpaired) electrons. The minimum absolute atomic E-state index is 0.00509. The Morgan fingerprint density at radius 3 is 2.25 bits per heavy atom. The number of nitrogens with one attached hydrogen (secondary N) is 1. The Morgan fingerprint density at radius 2 is 1.65 bits per heavy atom. The molecule has 4 rings (SSSR count). The molecule has 4 aromatic rings. The number of nitrogens with zero attached hydrogens (tertiary/aromatic N) is 2. The highest BCUT2D eigenvalue weighted by Gasteiger charge is 2.16. The Morgan fingerprint density at radius 1 is 1.00 bits per heavy atom. The molecule has 9 heteroatoms. The number of ether oxygens (including phenoxy) is 4. The van der Waals surface area contributed by atoms with Crippen LogP contribution in [0.2, 0.25) is 0 Å². The Kier molecular flexibility index (Phi) is 9.16. The van der Waals surface area contributed by atoms with Gasteiger partial charge in [0.2, 0.25) is 5.75 Å². The lowest BCUT2D eigenvalue weighted by atomic mass is 10.2. The predicted octanol–water partition coefficient (Wildman–Crippen LogP) is 6.22. The zero-order valence-electron chi connectivity index (χ0n) is 23.7. The van der Waals surface area contributed by atoms with Crippen molar-refractivity contribution in [3.05, 3.63) is 89.1 Å². The highest BCUT2D eigenvalue weighted by atomic mass is 16.5. The molecule has 1 amide bonds. The summed E-state index contributed by atoms with van der Waals surface area (Å²) in [6.45, 7) is 8.34.